The second-order valence-corrected chi connectivity index (χ2v) is 2.97. The minimum atomic E-state index is 0.0944. The van der Waals surface area contributed by atoms with Crippen LogP contribution in [0.5, 0.6) is 0 Å². The topological polar surface area (TPSA) is 29.1 Å². The molecule has 0 aromatic rings. The van der Waals surface area contributed by atoms with E-state index in [1.54, 1.807) is 6.92 Å². The number of hydrogen-bond acceptors (Lipinski definition) is 1. The molecule has 0 spiro atoms. The van der Waals surface area contributed by atoms with E-state index >= 15 is 0 Å². The standard InChI is InChI=1S/C9H19NO/c1-4-6-9(7-5-2)10-8(3)11/h9H,4-7H2,1-3H3,(H,10,11). The average molecular weight is 157 g/mol. The van der Waals surface area contributed by atoms with Gasteiger partial charge in [0.2, 0.25) is 5.91 Å². The molecular formula is C9H19NO. The summed E-state index contributed by atoms with van der Waals surface area (Å²) >= 11 is 0. The number of carbonyl (C=O) groups excluding carboxylic acids is 1. The predicted molar refractivity (Wildman–Crippen MR) is 47.4 cm³/mol. The summed E-state index contributed by atoms with van der Waals surface area (Å²) in [5.41, 5.74) is 0. The summed E-state index contributed by atoms with van der Waals surface area (Å²) in [7, 11) is 0. The quantitative estimate of drug-likeness (QED) is 0.650. The molecule has 0 aliphatic carbocycles. The van der Waals surface area contributed by atoms with Gasteiger partial charge in [-0.3, -0.25) is 4.79 Å². The Kier molecular flexibility index (Phi) is 5.90. The summed E-state index contributed by atoms with van der Waals surface area (Å²) in [5, 5.41) is 2.94. The van der Waals surface area contributed by atoms with E-state index in [0.29, 0.717) is 6.04 Å². The number of rotatable bonds is 5. The van der Waals surface area contributed by atoms with E-state index in [1.807, 2.05) is 0 Å². The molecule has 0 aromatic carbocycles. The fourth-order valence-corrected chi connectivity index (χ4v) is 1.27. The Bertz CT molecular complexity index is 106. The van der Waals surface area contributed by atoms with Gasteiger partial charge < -0.3 is 5.32 Å². The molecule has 11 heavy (non-hydrogen) atoms. The molecule has 1 N–H and O–H groups in total. The van der Waals surface area contributed by atoms with E-state index in [-0.39, 0.29) is 5.91 Å². The maximum absolute atomic E-state index is 10.7. The van der Waals surface area contributed by atoms with Crippen molar-refractivity contribution in [1.29, 1.82) is 0 Å². The first kappa shape index (κ1) is 10.5. The van der Waals surface area contributed by atoms with Crippen molar-refractivity contribution in [2.24, 2.45) is 0 Å². The highest BCUT2D eigenvalue weighted by Gasteiger charge is 2.06. The third-order valence-electron chi connectivity index (χ3n) is 1.68. The minimum Gasteiger partial charge on any atom is -0.354 e. The van der Waals surface area contributed by atoms with Crippen molar-refractivity contribution in [3.05, 3.63) is 0 Å². The van der Waals surface area contributed by atoms with Crippen molar-refractivity contribution in [2.75, 3.05) is 0 Å². The van der Waals surface area contributed by atoms with Crippen LogP contribution in [0.1, 0.15) is 46.5 Å². The molecule has 0 aliphatic rings. The lowest BCUT2D eigenvalue weighted by molar-refractivity contribution is -0.119. The van der Waals surface area contributed by atoms with Gasteiger partial charge in [-0.25, -0.2) is 0 Å². The van der Waals surface area contributed by atoms with E-state index in [9.17, 15) is 4.79 Å². The van der Waals surface area contributed by atoms with Gasteiger partial charge in [-0.15, -0.1) is 0 Å². The Morgan fingerprint density at radius 3 is 2.00 bits per heavy atom. The average Bonchev–Trinajstić information content (AvgIpc) is 1.87. The first-order valence-corrected chi connectivity index (χ1v) is 4.47. The highest BCUT2D eigenvalue weighted by Crippen LogP contribution is 2.03. The Balaban J connectivity index is 3.59. The molecule has 0 saturated carbocycles. The van der Waals surface area contributed by atoms with Gasteiger partial charge in [0.25, 0.3) is 0 Å². The molecule has 2 nitrogen and oxygen atoms in total. The lowest BCUT2D eigenvalue weighted by atomic mass is 10.1. The van der Waals surface area contributed by atoms with Gasteiger partial charge >= 0.3 is 0 Å². The zero-order valence-electron chi connectivity index (χ0n) is 7.81. The van der Waals surface area contributed by atoms with E-state index in [2.05, 4.69) is 19.2 Å². The molecule has 0 radical (unpaired) electrons. The monoisotopic (exact) mass is 157 g/mol. The molecule has 0 heterocycles. The summed E-state index contributed by atoms with van der Waals surface area (Å²) < 4.78 is 0. The van der Waals surface area contributed by atoms with Gasteiger partial charge in [0.15, 0.2) is 0 Å². The molecule has 0 fully saturated rings. The van der Waals surface area contributed by atoms with E-state index in [1.165, 1.54) is 0 Å². The van der Waals surface area contributed by atoms with E-state index in [0.717, 1.165) is 25.7 Å². The van der Waals surface area contributed by atoms with Crippen LogP contribution in [0, 0.1) is 0 Å². The van der Waals surface area contributed by atoms with Crippen LogP contribution in [-0.4, -0.2) is 11.9 Å². The largest absolute Gasteiger partial charge is 0.354 e. The number of nitrogens with one attached hydrogen (secondary N) is 1. The molecule has 0 atom stereocenters. The second kappa shape index (κ2) is 6.20. The molecule has 0 rings (SSSR count). The minimum absolute atomic E-state index is 0.0944. The molecule has 0 unspecified atom stereocenters. The van der Waals surface area contributed by atoms with Gasteiger partial charge in [0.1, 0.15) is 0 Å². The van der Waals surface area contributed by atoms with Crippen LogP contribution in [-0.2, 0) is 4.79 Å². The van der Waals surface area contributed by atoms with Gasteiger partial charge in [-0.2, -0.15) is 0 Å². The Hall–Kier alpha value is -0.530. The Morgan fingerprint density at radius 1 is 1.27 bits per heavy atom. The number of amides is 1. The molecule has 0 aromatic heterocycles. The SMILES string of the molecule is CCCC(CCC)NC(C)=O. The zero-order chi connectivity index (χ0) is 8.69. The molecule has 0 bridgehead atoms. The van der Waals surface area contributed by atoms with Crippen molar-refractivity contribution < 1.29 is 4.79 Å². The van der Waals surface area contributed by atoms with Crippen molar-refractivity contribution in [3.63, 3.8) is 0 Å². The zero-order valence-corrected chi connectivity index (χ0v) is 7.81. The van der Waals surface area contributed by atoms with Crippen LogP contribution >= 0.6 is 0 Å². The van der Waals surface area contributed by atoms with Gasteiger partial charge in [0, 0.05) is 13.0 Å². The van der Waals surface area contributed by atoms with Gasteiger partial charge in [-0.05, 0) is 12.8 Å². The van der Waals surface area contributed by atoms with E-state index < -0.39 is 0 Å². The molecular weight excluding hydrogens is 138 g/mol. The molecule has 0 aliphatic heterocycles. The number of carbonyl (C=O) groups is 1. The van der Waals surface area contributed by atoms with E-state index in [4.69, 9.17) is 0 Å². The van der Waals surface area contributed by atoms with Crippen molar-refractivity contribution in [3.8, 4) is 0 Å². The van der Waals surface area contributed by atoms with Crippen LogP contribution in [0.3, 0.4) is 0 Å². The van der Waals surface area contributed by atoms with Crippen LogP contribution in [0.2, 0.25) is 0 Å². The second-order valence-electron chi connectivity index (χ2n) is 2.97. The smallest absolute Gasteiger partial charge is 0.217 e. The summed E-state index contributed by atoms with van der Waals surface area (Å²) in [5.74, 6) is 0.0944. The molecule has 0 saturated heterocycles. The fraction of sp³-hybridized carbons (Fsp3) is 0.889. The van der Waals surface area contributed by atoms with Crippen LogP contribution in [0.25, 0.3) is 0 Å². The molecule has 66 valence electrons. The third-order valence-corrected chi connectivity index (χ3v) is 1.68. The van der Waals surface area contributed by atoms with Crippen molar-refractivity contribution >= 4 is 5.91 Å². The van der Waals surface area contributed by atoms with Crippen LogP contribution in [0.15, 0.2) is 0 Å². The molecule has 2 heteroatoms. The number of hydrogen-bond donors (Lipinski definition) is 1. The maximum Gasteiger partial charge on any atom is 0.217 e. The summed E-state index contributed by atoms with van der Waals surface area (Å²) in [6, 6.07) is 0.405. The first-order chi connectivity index (χ1) is 5.20. The normalized spacial score (nSPS) is 10.2. The van der Waals surface area contributed by atoms with Crippen molar-refractivity contribution in [2.45, 2.75) is 52.5 Å². The third kappa shape index (κ3) is 5.89. The highest BCUT2D eigenvalue weighted by molar-refractivity contribution is 5.73. The lowest BCUT2D eigenvalue weighted by Crippen LogP contribution is -2.32. The summed E-state index contributed by atoms with van der Waals surface area (Å²) in [4.78, 5) is 10.7. The Morgan fingerprint density at radius 2 is 1.73 bits per heavy atom. The predicted octanol–water partition coefficient (Wildman–Crippen LogP) is 2.09. The lowest BCUT2D eigenvalue weighted by Gasteiger charge is -2.15. The van der Waals surface area contributed by atoms with Crippen LogP contribution in [0.4, 0.5) is 0 Å². The van der Waals surface area contributed by atoms with Gasteiger partial charge in [-0.1, -0.05) is 26.7 Å². The highest BCUT2D eigenvalue weighted by atomic mass is 16.1. The van der Waals surface area contributed by atoms with Crippen molar-refractivity contribution in [1.82, 2.24) is 5.32 Å². The summed E-state index contributed by atoms with van der Waals surface area (Å²) in [6.07, 6.45) is 4.50. The first-order valence-electron chi connectivity index (χ1n) is 4.47. The molecule has 1 amide bonds. The Labute approximate surface area is 69.4 Å². The van der Waals surface area contributed by atoms with Crippen LogP contribution < -0.4 is 5.32 Å². The summed E-state index contributed by atoms with van der Waals surface area (Å²) in [6.45, 7) is 5.87. The maximum atomic E-state index is 10.7. The fourth-order valence-electron chi connectivity index (χ4n) is 1.27. The van der Waals surface area contributed by atoms with Gasteiger partial charge in [0.05, 0.1) is 0 Å².